The van der Waals surface area contributed by atoms with Gasteiger partial charge >= 0.3 is 6.01 Å². The normalized spacial score (nSPS) is 16.1. The molecule has 0 aromatic carbocycles. The van der Waals surface area contributed by atoms with Gasteiger partial charge in [-0.3, -0.25) is 0 Å². The molecule has 0 aliphatic heterocycles. The second kappa shape index (κ2) is 7.11. The highest BCUT2D eigenvalue weighted by Gasteiger charge is 2.14. The third kappa shape index (κ3) is 4.22. The number of ether oxygens (including phenoxy) is 1. The Labute approximate surface area is 114 Å². The highest BCUT2D eigenvalue weighted by Crippen LogP contribution is 2.23. The van der Waals surface area contributed by atoms with Crippen LogP contribution < -0.4 is 15.4 Å². The fraction of sp³-hybridized carbons (Fsp3) is 0.769. The van der Waals surface area contributed by atoms with E-state index < -0.39 is 0 Å². The van der Waals surface area contributed by atoms with Crippen molar-refractivity contribution < 1.29 is 4.74 Å². The molecule has 0 bridgehead atoms. The maximum atomic E-state index is 5.34. The quantitative estimate of drug-likeness (QED) is 0.822. The van der Waals surface area contributed by atoms with Crippen LogP contribution in [0.25, 0.3) is 0 Å². The van der Waals surface area contributed by atoms with E-state index in [2.05, 4.69) is 25.6 Å². The van der Waals surface area contributed by atoms with Crippen LogP contribution in [0, 0.1) is 5.92 Å². The Bertz CT molecular complexity index is 393. The molecule has 6 nitrogen and oxygen atoms in total. The molecule has 1 aromatic rings. The van der Waals surface area contributed by atoms with Crippen molar-refractivity contribution in [2.45, 2.75) is 39.0 Å². The molecule has 0 radical (unpaired) electrons. The minimum Gasteiger partial charge on any atom is -0.464 e. The Morgan fingerprint density at radius 3 is 2.53 bits per heavy atom. The molecule has 6 heteroatoms. The largest absolute Gasteiger partial charge is 0.464 e. The lowest BCUT2D eigenvalue weighted by Crippen LogP contribution is -2.19. The van der Waals surface area contributed by atoms with Gasteiger partial charge in [0.1, 0.15) is 0 Å². The summed E-state index contributed by atoms with van der Waals surface area (Å²) < 4.78 is 5.34. The summed E-state index contributed by atoms with van der Waals surface area (Å²) in [5, 5.41) is 6.23. The first-order valence-corrected chi connectivity index (χ1v) is 7.12. The zero-order chi connectivity index (χ0) is 13.5. The Hall–Kier alpha value is -1.59. The SMILES string of the molecule is CCOc1nc(NC)nc(NCC2CCCCC2)n1. The van der Waals surface area contributed by atoms with Crippen LogP contribution in [0.4, 0.5) is 11.9 Å². The van der Waals surface area contributed by atoms with Crippen molar-refractivity contribution >= 4 is 11.9 Å². The van der Waals surface area contributed by atoms with E-state index in [4.69, 9.17) is 4.74 Å². The van der Waals surface area contributed by atoms with Gasteiger partial charge in [-0.2, -0.15) is 15.0 Å². The average Bonchev–Trinajstić information content (AvgIpc) is 2.46. The summed E-state index contributed by atoms with van der Waals surface area (Å²) >= 11 is 0. The van der Waals surface area contributed by atoms with Crippen molar-refractivity contribution in [3.05, 3.63) is 0 Å². The number of aromatic nitrogens is 3. The molecular weight excluding hydrogens is 242 g/mol. The molecule has 106 valence electrons. The lowest BCUT2D eigenvalue weighted by atomic mass is 9.89. The zero-order valence-electron chi connectivity index (χ0n) is 11.8. The second-order valence-corrected chi connectivity index (χ2v) is 4.83. The van der Waals surface area contributed by atoms with Crippen LogP contribution in [-0.2, 0) is 0 Å². The van der Waals surface area contributed by atoms with Gasteiger partial charge in [-0.25, -0.2) is 0 Å². The standard InChI is InChI=1S/C13H23N5O/c1-3-19-13-17-11(14-2)16-12(18-13)15-9-10-7-5-4-6-8-10/h10H,3-9H2,1-2H3,(H2,14,15,16,17,18). The molecule has 1 aliphatic rings. The average molecular weight is 265 g/mol. The first-order chi connectivity index (χ1) is 9.31. The van der Waals surface area contributed by atoms with E-state index in [1.807, 2.05) is 6.92 Å². The molecule has 19 heavy (non-hydrogen) atoms. The fourth-order valence-electron chi connectivity index (χ4n) is 2.37. The highest BCUT2D eigenvalue weighted by atomic mass is 16.5. The van der Waals surface area contributed by atoms with Crippen LogP contribution in [0.15, 0.2) is 0 Å². The lowest BCUT2D eigenvalue weighted by Gasteiger charge is -2.21. The van der Waals surface area contributed by atoms with E-state index in [-0.39, 0.29) is 0 Å². The van der Waals surface area contributed by atoms with Gasteiger partial charge in [0.25, 0.3) is 0 Å². The summed E-state index contributed by atoms with van der Waals surface area (Å²) in [7, 11) is 1.79. The Balaban J connectivity index is 1.95. The van der Waals surface area contributed by atoms with Crippen LogP contribution in [-0.4, -0.2) is 35.2 Å². The van der Waals surface area contributed by atoms with Gasteiger partial charge in [0.05, 0.1) is 6.61 Å². The minimum absolute atomic E-state index is 0.369. The zero-order valence-corrected chi connectivity index (χ0v) is 11.8. The van der Waals surface area contributed by atoms with Crippen LogP contribution in [0.3, 0.4) is 0 Å². The van der Waals surface area contributed by atoms with Gasteiger partial charge in [0.2, 0.25) is 11.9 Å². The van der Waals surface area contributed by atoms with E-state index in [9.17, 15) is 0 Å². The molecule has 1 heterocycles. The fourth-order valence-corrected chi connectivity index (χ4v) is 2.37. The maximum absolute atomic E-state index is 5.34. The molecule has 0 saturated heterocycles. The molecule has 1 saturated carbocycles. The summed E-state index contributed by atoms with van der Waals surface area (Å²) in [4.78, 5) is 12.7. The molecule has 0 atom stereocenters. The van der Waals surface area contributed by atoms with Crippen LogP contribution in [0.2, 0.25) is 0 Å². The van der Waals surface area contributed by atoms with Gasteiger partial charge in [0, 0.05) is 13.6 Å². The number of hydrogen-bond acceptors (Lipinski definition) is 6. The highest BCUT2D eigenvalue weighted by molar-refractivity contribution is 5.35. The van der Waals surface area contributed by atoms with Crippen LogP contribution >= 0.6 is 0 Å². The second-order valence-electron chi connectivity index (χ2n) is 4.83. The molecule has 0 unspecified atom stereocenters. The van der Waals surface area contributed by atoms with E-state index in [1.165, 1.54) is 32.1 Å². The number of anilines is 2. The molecule has 1 aliphatic carbocycles. The molecule has 0 amide bonds. The number of rotatable bonds is 6. The predicted molar refractivity (Wildman–Crippen MR) is 75.6 cm³/mol. The number of nitrogens with one attached hydrogen (secondary N) is 2. The Kier molecular flexibility index (Phi) is 5.18. The van der Waals surface area contributed by atoms with E-state index >= 15 is 0 Å². The van der Waals surface area contributed by atoms with Crippen LogP contribution in [0.1, 0.15) is 39.0 Å². The predicted octanol–water partition coefficient (Wildman–Crippen LogP) is 2.30. The molecular formula is C13H23N5O. The smallest absolute Gasteiger partial charge is 0.323 e. The Morgan fingerprint density at radius 2 is 1.84 bits per heavy atom. The summed E-state index contributed by atoms with van der Waals surface area (Å²) in [5.74, 6) is 1.86. The van der Waals surface area contributed by atoms with Crippen molar-refractivity contribution in [3.8, 4) is 6.01 Å². The third-order valence-electron chi connectivity index (χ3n) is 3.39. The minimum atomic E-state index is 0.369. The summed E-state index contributed by atoms with van der Waals surface area (Å²) in [6, 6.07) is 0.369. The summed E-state index contributed by atoms with van der Waals surface area (Å²) in [6.45, 7) is 3.39. The van der Waals surface area contributed by atoms with Gasteiger partial charge in [-0.05, 0) is 25.7 Å². The first-order valence-electron chi connectivity index (χ1n) is 7.12. The first kappa shape index (κ1) is 13.8. The monoisotopic (exact) mass is 265 g/mol. The lowest BCUT2D eigenvalue weighted by molar-refractivity contribution is 0.312. The van der Waals surface area contributed by atoms with Gasteiger partial charge in [-0.1, -0.05) is 19.3 Å². The maximum Gasteiger partial charge on any atom is 0.323 e. The van der Waals surface area contributed by atoms with Crippen LogP contribution in [0.5, 0.6) is 6.01 Å². The molecule has 1 fully saturated rings. The van der Waals surface area contributed by atoms with Crippen molar-refractivity contribution in [1.82, 2.24) is 15.0 Å². The third-order valence-corrected chi connectivity index (χ3v) is 3.39. The molecule has 2 N–H and O–H groups in total. The van der Waals surface area contributed by atoms with Gasteiger partial charge in [0.15, 0.2) is 0 Å². The topological polar surface area (TPSA) is 72.0 Å². The van der Waals surface area contributed by atoms with Crippen molar-refractivity contribution in [3.63, 3.8) is 0 Å². The molecule has 0 spiro atoms. The summed E-state index contributed by atoms with van der Waals surface area (Å²) in [5.41, 5.74) is 0. The Morgan fingerprint density at radius 1 is 1.11 bits per heavy atom. The van der Waals surface area contributed by atoms with Gasteiger partial charge in [-0.15, -0.1) is 0 Å². The van der Waals surface area contributed by atoms with Gasteiger partial charge < -0.3 is 15.4 Å². The molecule has 1 aromatic heterocycles. The van der Waals surface area contributed by atoms with E-state index in [0.29, 0.717) is 24.5 Å². The summed E-state index contributed by atoms with van der Waals surface area (Å²) in [6.07, 6.45) is 6.66. The number of nitrogens with zero attached hydrogens (tertiary/aromatic N) is 3. The van der Waals surface area contributed by atoms with Crippen molar-refractivity contribution in [1.29, 1.82) is 0 Å². The molecule has 2 rings (SSSR count). The van der Waals surface area contributed by atoms with E-state index in [1.54, 1.807) is 7.05 Å². The van der Waals surface area contributed by atoms with E-state index in [0.717, 1.165) is 12.5 Å². The van der Waals surface area contributed by atoms with Crippen molar-refractivity contribution in [2.24, 2.45) is 5.92 Å². The number of hydrogen-bond donors (Lipinski definition) is 2. The van der Waals surface area contributed by atoms with Crippen molar-refractivity contribution in [2.75, 3.05) is 30.8 Å².